The Kier molecular flexibility index (Phi) is 4.04. The van der Waals surface area contributed by atoms with Crippen LogP contribution in [0.5, 0.6) is 11.5 Å². The minimum Gasteiger partial charge on any atom is -0.486 e. The summed E-state index contributed by atoms with van der Waals surface area (Å²) in [6.45, 7) is 0.616. The summed E-state index contributed by atoms with van der Waals surface area (Å²) >= 11 is 0. The molecule has 0 fully saturated rings. The fourth-order valence-corrected chi connectivity index (χ4v) is 2.92. The Morgan fingerprint density at radius 1 is 1.15 bits per heavy atom. The quantitative estimate of drug-likeness (QED) is 0.773. The molecular weight excluding hydrogens is 334 g/mol. The highest BCUT2D eigenvalue weighted by Gasteiger charge is 2.22. The number of para-hydroxylation sites is 2. The van der Waals surface area contributed by atoms with E-state index < -0.39 is 0 Å². The molecule has 1 N–H and O–H groups in total. The van der Waals surface area contributed by atoms with E-state index in [4.69, 9.17) is 9.47 Å². The fourth-order valence-electron chi connectivity index (χ4n) is 2.92. The number of aryl methyl sites for hydroxylation is 1. The number of nitrogens with one attached hydrogen (secondary N) is 1. The van der Waals surface area contributed by atoms with E-state index in [0.29, 0.717) is 28.9 Å². The van der Waals surface area contributed by atoms with Crippen molar-refractivity contribution in [2.75, 3.05) is 13.2 Å². The molecule has 2 aromatic carbocycles. The van der Waals surface area contributed by atoms with Crippen LogP contribution in [0.4, 0.5) is 0 Å². The third-order valence-electron chi connectivity index (χ3n) is 4.23. The van der Waals surface area contributed by atoms with Crippen molar-refractivity contribution in [3.05, 3.63) is 64.6 Å². The molecule has 1 atom stereocenters. The Morgan fingerprint density at radius 3 is 2.65 bits per heavy atom. The zero-order chi connectivity index (χ0) is 18.1. The van der Waals surface area contributed by atoms with Crippen LogP contribution in [0.3, 0.4) is 0 Å². The van der Waals surface area contributed by atoms with Crippen LogP contribution in [-0.4, -0.2) is 34.9 Å². The van der Waals surface area contributed by atoms with E-state index in [2.05, 4.69) is 10.4 Å². The number of carbonyl (C=O) groups excluding carboxylic acids is 1. The summed E-state index contributed by atoms with van der Waals surface area (Å²) in [4.78, 5) is 24.8. The van der Waals surface area contributed by atoms with Crippen LogP contribution in [-0.2, 0) is 7.05 Å². The predicted molar refractivity (Wildman–Crippen MR) is 95.7 cm³/mol. The number of nitrogens with zero attached hydrogens (tertiary/aromatic N) is 2. The first-order valence-corrected chi connectivity index (χ1v) is 8.26. The highest BCUT2D eigenvalue weighted by Crippen LogP contribution is 2.30. The van der Waals surface area contributed by atoms with Crippen molar-refractivity contribution in [2.45, 2.75) is 6.10 Å². The molecule has 1 aliphatic rings. The molecule has 1 aliphatic heterocycles. The molecule has 1 aromatic heterocycles. The normalized spacial score (nSPS) is 15.7. The van der Waals surface area contributed by atoms with Crippen molar-refractivity contribution >= 4 is 16.7 Å². The molecule has 0 bridgehead atoms. The van der Waals surface area contributed by atoms with E-state index in [1.165, 1.54) is 11.7 Å². The van der Waals surface area contributed by atoms with Gasteiger partial charge in [-0.2, -0.15) is 5.10 Å². The van der Waals surface area contributed by atoms with Gasteiger partial charge in [0.15, 0.2) is 17.2 Å². The van der Waals surface area contributed by atoms with Gasteiger partial charge in [0.25, 0.3) is 11.5 Å². The molecule has 0 saturated heterocycles. The first-order chi connectivity index (χ1) is 12.6. The minimum atomic E-state index is -0.362. The van der Waals surface area contributed by atoms with E-state index in [1.807, 2.05) is 24.3 Å². The standard InChI is InChI=1S/C19H17N3O4/c1-22-19(24)14-7-3-2-6-13(14)17(21-22)18(23)20-10-12-11-25-15-8-4-5-9-16(15)26-12/h2-9,12H,10-11H2,1H3,(H,20,23)/t12-/m1/s1. The molecule has 0 saturated carbocycles. The van der Waals surface area contributed by atoms with Crippen LogP contribution < -0.4 is 20.3 Å². The molecule has 7 heteroatoms. The molecule has 0 spiro atoms. The van der Waals surface area contributed by atoms with Gasteiger partial charge in [-0.05, 0) is 18.2 Å². The Morgan fingerprint density at radius 2 is 1.85 bits per heavy atom. The summed E-state index contributed by atoms with van der Waals surface area (Å²) in [7, 11) is 1.53. The van der Waals surface area contributed by atoms with E-state index in [0.717, 1.165) is 0 Å². The van der Waals surface area contributed by atoms with Crippen molar-refractivity contribution in [3.63, 3.8) is 0 Å². The minimum absolute atomic E-state index is 0.208. The average molecular weight is 351 g/mol. The Balaban J connectivity index is 1.52. The van der Waals surface area contributed by atoms with E-state index in [-0.39, 0.29) is 29.8 Å². The molecule has 0 aliphatic carbocycles. The van der Waals surface area contributed by atoms with Crippen molar-refractivity contribution in [1.29, 1.82) is 0 Å². The van der Waals surface area contributed by atoms with Crippen LogP contribution >= 0.6 is 0 Å². The predicted octanol–water partition coefficient (Wildman–Crippen LogP) is 1.50. The SMILES string of the molecule is Cn1nc(C(=O)NC[C@@H]2COc3ccccc3O2)c2ccccc2c1=O. The molecule has 2 heterocycles. The molecule has 0 unspecified atom stereocenters. The second-order valence-corrected chi connectivity index (χ2v) is 6.03. The maximum Gasteiger partial charge on any atom is 0.274 e. The summed E-state index contributed by atoms with van der Waals surface area (Å²) in [5, 5.41) is 7.92. The maximum absolute atomic E-state index is 12.6. The van der Waals surface area contributed by atoms with Gasteiger partial charge in [-0.25, -0.2) is 4.68 Å². The van der Waals surface area contributed by atoms with Gasteiger partial charge in [-0.1, -0.05) is 30.3 Å². The molecule has 26 heavy (non-hydrogen) atoms. The second kappa shape index (κ2) is 6.51. The number of benzene rings is 2. The van der Waals surface area contributed by atoms with Crippen molar-refractivity contribution < 1.29 is 14.3 Å². The van der Waals surface area contributed by atoms with Gasteiger partial charge in [0.05, 0.1) is 11.9 Å². The van der Waals surface area contributed by atoms with Gasteiger partial charge in [-0.3, -0.25) is 9.59 Å². The summed E-state index contributed by atoms with van der Waals surface area (Å²) < 4.78 is 12.6. The Bertz CT molecular complexity index is 1040. The third-order valence-corrected chi connectivity index (χ3v) is 4.23. The number of carbonyl (C=O) groups is 1. The first-order valence-electron chi connectivity index (χ1n) is 8.26. The van der Waals surface area contributed by atoms with Crippen molar-refractivity contribution in [1.82, 2.24) is 15.1 Å². The highest BCUT2D eigenvalue weighted by molar-refractivity contribution is 6.04. The summed E-state index contributed by atoms with van der Waals surface area (Å²) in [5.41, 5.74) is -0.0300. The van der Waals surface area contributed by atoms with Gasteiger partial charge >= 0.3 is 0 Å². The average Bonchev–Trinajstić information content (AvgIpc) is 2.68. The molecule has 4 rings (SSSR count). The molecule has 0 radical (unpaired) electrons. The number of amides is 1. The van der Waals surface area contributed by atoms with Crippen LogP contribution in [0.25, 0.3) is 10.8 Å². The van der Waals surface area contributed by atoms with Crippen LogP contribution in [0.15, 0.2) is 53.3 Å². The fraction of sp³-hybridized carbons (Fsp3) is 0.211. The highest BCUT2D eigenvalue weighted by atomic mass is 16.6. The van der Waals surface area contributed by atoms with Gasteiger partial charge in [0.2, 0.25) is 0 Å². The summed E-state index contributed by atoms with van der Waals surface area (Å²) in [6.07, 6.45) is -0.298. The number of ether oxygens (including phenoxy) is 2. The van der Waals surface area contributed by atoms with Gasteiger partial charge in [0.1, 0.15) is 12.7 Å². The molecule has 7 nitrogen and oxygen atoms in total. The molecular formula is C19H17N3O4. The van der Waals surface area contributed by atoms with E-state index in [1.54, 1.807) is 24.3 Å². The Hall–Kier alpha value is -3.35. The molecule has 132 valence electrons. The lowest BCUT2D eigenvalue weighted by atomic mass is 10.1. The van der Waals surface area contributed by atoms with E-state index >= 15 is 0 Å². The van der Waals surface area contributed by atoms with E-state index in [9.17, 15) is 9.59 Å². The molecule has 1 amide bonds. The van der Waals surface area contributed by atoms with Crippen LogP contribution in [0, 0.1) is 0 Å². The third kappa shape index (κ3) is 2.88. The zero-order valence-corrected chi connectivity index (χ0v) is 14.1. The topological polar surface area (TPSA) is 82.5 Å². The lowest BCUT2D eigenvalue weighted by Gasteiger charge is -2.26. The Labute approximate surface area is 149 Å². The lowest BCUT2D eigenvalue weighted by molar-refractivity contribution is 0.0786. The number of hydrogen-bond donors (Lipinski definition) is 1. The number of fused-ring (bicyclic) bond motifs is 2. The van der Waals surface area contributed by atoms with Gasteiger partial charge in [0, 0.05) is 12.4 Å². The second-order valence-electron chi connectivity index (χ2n) is 6.03. The van der Waals surface area contributed by atoms with Crippen LogP contribution in [0.2, 0.25) is 0 Å². The van der Waals surface area contributed by atoms with Crippen molar-refractivity contribution in [2.24, 2.45) is 7.05 Å². The summed E-state index contributed by atoms with van der Waals surface area (Å²) in [6, 6.07) is 14.3. The smallest absolute Gasteiger partial charge is 0.274 e. The number of aromatic nitrogens is 2. The summed E-state index contributed by atoms with van der Waals surface area (Å²) in [5.74, 6) is 0.990. The number of hydrogen-bond acceptors (Lipinski definition) is 5. The van der Waals surface area contributed by atoms with Crippen molar-refractivity contribution in [3.8, 4) is 11.5 Å². The van der Waals surface area contributed by atoms with Crippen LogP contribution in [0.1, 0.15) is 10.5 Å². The molecule has 3 aromatic rings. The lowest BCUT2D eigenvalue weighted by Crippen LogP contribution is -2.41. The largest absolute Gasteiger partial charge is 0.486 e. The first kappa shape index (κ1) is 16.1. The number of rotatable bonds is 3. The van der Waals surface area contributed by atoms with Gasteiger partial charge < -0.3 is 14.8 Å². The monoisotopic (exact) mass is 351 g/mol. The van der Waals surface area contributed by atoms with Gasteiger partial charge in [-0.15, -0.1) is 0 Å². The maximum atomic E-state index is 12.6. The zero-order valence-electron chi connectivity index (χ0n) is 14.1.